The summed E-state index contributed by atoms with van der Waals surface area (Å²) >= 11 is 0. The molecule has 4 heterocycles. The summed E-state index contributed by atoms with van der Waals surface area (Å²) in [6.07, 6.45) is 2.26. The molecular weight excluding hydrogens is 470 g/mol. The molecule has 1 unspecified atom stereocenters. The van der Waals surface area contributed by atoms with Crippen LogP contribution in [0, 0.1) is 6.92 Å². The molecule has 0 N–H and O–H groups in total. The SMILES string of the molecule is Cc1ccc(C2CC[C@@H](COS(C)(=O)=O)n3c(-c4ccccc4)c4c(=O)n(C)c(=O)n(C)c4c32)o1. The van der Waals surface area contributed by atoms with Crippen LogP contribution in [0.4, 0.5) is 0 Å². The molecule has 10 heteroatoms. The molecule has 1 aromatic carbocycles. The number of nitrogens with zero attached hydrogens (tertiary/aromatic N) is 3. The molecule has 0 radical (unpaired) electrons. The Bertz CT molecular complexity index is 1660. The summed E-state index contributed by atoms with van der Waals surface area (Å²) < 4.78 is 39.6. The van der Waals surface area contributed by atoms with Crippen molar-refractivity contribution in [2.45, 2.75) is 31.7 Å². The van der Waals surface area contributed by atoms with Crippen molar-refractivity contribution >= 4 is 21.0 Å². The Morgan fingerprint density at radius 3 is 2.37 bits per heavy atom. The van der Waals surface area contributed by atoms with Gasteiger partial charge in [0.1, 0.15) is 11.5 Å². The highest BCUT2D eigenvalue weighted by atomic mass is 32.2. The zero-order valence-corrected chi connectivity index (χ0v) is 20.8. The molecule has 35 heavy (non-hydrogen) atoms. The van der Waals surface area contributed by atoms with Gasteiger partial charge in [0.15, 0.2) is 0 Å². The van der Waals surface area contributed by atoms with Gasteiger partial charge in [-0.1, -0.05) is 30.3 Å². The maximum absolute atomic E-state index is 13.6. The van der Waals surface area contributed by atoms with Crippen LogP contribution in [0.5, 0.6) is 0 Å². The minimum atomic E-state index is -3.68. The van der Waals surface area contributed by atoms with Crippen molar-refractivity contribution in [1.29, 1.82) is 0 Å². The zero-order chi connectivity index (χ0) is 25.1. The number of aryl methyl sites for hydroxylation is 2. The normalized spacial score (nSPS) is 18.2. The van der Waals surface area contributed by atoms with E-state index in [1.165, 1.54) is 11.6 Å². The van der Waals surface area contributed by atoms with Crippen molar-refractivity contribution in [3.05, 3.63) is 80.5 Å². The maximum atomic E-state index is 13.6. The third-order valence-corrected chi connectivity index (χ3v) is 7.32. The van der Waals surface area contributed by atoms with E-state index >= 15 is 0 Å². The highest BCUT2D eigenvalue weighted by Gasteiger charge is 2.38. The quantitative estimate of drug-likeness (QED) is 0.393. The summed E-state index contributed by atoms with van der Waals surface area (Å²) in [5.74, 6) is 1.27. The molecule has 0 saturated heterocycles. The van der Waals surface area contributed by atoms with Crippen LogP contribution in [0.2, 0.25) is 0 Å². The number of hydrogen-bond donors (Lipinski definition) is 0. The van der Waals surface area contributed by atoms with Crippen LogP contribution in [0.1, 0.15) is 42.0 Å². The first kappa shape index (κ1) is 23.4. The molecule has 0 bridgehead atoms. The molecule has 0 aliphatic carbocycles. The van der Waals surface area contributed by atoms with Crippen LogP contribution in [0.3, 0.4) is 0 Å². The number of fused-ring (bicyclic) bond motifs is 3. The molecular formula is C25H27N3O6S. The largest absolute Gasteiger partial charge is 0.466 e. The molecule has 0 amide bonds. The van der Waals surface area contributed by atoms with Gasteiger partial charge in [-0.15, -0.1) is 0 Å². The maximum Gasteiger partial charge on any atom is 0.331 e. The van der Waals surface area contributed by atoms with Gasteiger partial charge in [-0.2, -0.15) is 8.42 Å². The molecule has 3 aromatic heterocycles. The van der Waals surface area contributed by atoms with Gasteiger partial charge in [-0.05, 0) is 37.5 Å². The van der Waals surface area contributed by atoms with Crippen molar-refractivity contribution in [1.82, 2.24) is 13.7 Å². The molecule has 0 saturated carbocycles. The molecule has 9 nitrogen and oxygen atoms in total. The second-order valence-electron chi connectivity index (χ2n) is 9.12. The second-order valence-corrected chi connectivity index (χ2v) is 10.8. The number of furan rings is 1. The van der Waals surface area contributed by atoms with Crippen LogP contribution >= 0.6 is 0 Å². The fraction of sp³-hybridized carbons (Fsp3) is 0.360. The van der Waals surface area contributed by atoms with Crippen LogP contribution in [0.15, 0.2) is 56.5 Å². The van der Waals surface area contributed by atoms with Crippen molar-refractivity contribution in [3.8, 4) is 11.3 Å². The Kier molecular flexibility index (Phi) is 5.60. The monoisotopic (exact) mass is 497 g/mol. The molecule has 0 fully saturated rings. The van der Waals surface area contributed by atoms with E-state index in [1.807, 2.05) is 54.0 Å². The van der Waals surface area contributed by atoms with Crippen LogP contribution in [-0.4, -0.2) is 35.0 Å². The first-order valence-electron chi connectivity index (χ1n) is 11.4. The first-order valence-corrected chi connectivity index (χ1v) is 13.2. The van der Waals surface area contributed by atoms with E-state index in [-0.39, 0.29) is 18.6 Å². The number of benzene rings is 1. The summed E-state index contributed by atoms with van der Waals surface area (Å²) in [5.41, 5.74) is 1.88. The predicted molar refractivity (Wildman–Crippen MR) is 132 cm³/mol. The number of hydrogen-bond acceptors (Lipinski definition) is 6. The Labute approximate surface area is 202 Å². The van der Waals surface area contributed by atoms with Crippen molar-refractivity contribution in [3.63, 3.8) is 0 Å². The average molecular weight is 498 g/mol. The van der Waals surface area contributed by atoms with Gasteiger partial charge in [0, 0.05) is 14.1 Å². The lowest BCUT2D eigenvalue weighted by molar-refractivity contribution is 0.227. The molecule has 1 aliphatic heterocycles. The van der Waals surface area contributed by atoms with Crippen LogP contribution in [0.25, 0.3) is 22.2 Å². The minimum Gasteiger partial charge on any atom is -0.466 e. The Balaban J connectivity index is 1.93. The van der Waals surface area contributed by atoms with E-state index in [9.17, 15) is 18.0 Å². The molecule has 0 spiro atoms. The summed E-state index contributed by atoms with van der Waals surface area (Å²) in [5, 5.41) is 0.412. The van der Waals surface area contributed by atoms with E-state index in [0.717, 1.165) is 33.6 Å². The minimum absolute atomic E-state index is 0.0786. The van der Waals surface area contributed by atoms with Gasteiger partial charge in [0.2, 0.25) is 0 Å². The average Bonchev–Trinajstić information content (AvgIpc) is 3.42. The second kappa shape index (κ2) is 8.39. The third-order valence-electron chi connectivity index (χ3n) is 6.75. The van der Waals surface area contributed by atoms with E-state index < -0.39 is 21.4 Å². The fourth-order valence-corrected chi connectivity index (χ4v) is 5.61. The summed E-state index contributed by atoms with van der Waals surface area (Å²) in [6, 6.07) is 12.9. The highest BCUT2D eigenvalue weighted by molar-refractivity contribution is 7.85. The summed E-state index contributed by atoms with van der Waals surface area (Å²) in [7, 11) is -0.560. The third kappa shape index (κ3) is 3.86. The van der Waals surface area contributed by atoms with Gasteiger partial charge < -0.3 is 8.98 Å². The summed E-state index contributed by atoms with van der Waals surface area (Å²) in [6.45, 7) is 1.79. The van der Waals surface area contributed by atoms with Crippen molar-refractivity contribution in [2.75, 3.05) is 12.9 Å². The Morgan fingerprint density at radius 2 is 1.74 bits per heavy atom. The zero-order valence-electron chi connectivity index (χ0n) is 20.0. The van der Waals surface area contributed by atoms with E-state index in [2.05, 4.69) is 0 Å². The number of rotatable bonds is 5. The summed E-state index contributed by atoms with van der Waals surface area (Å²) in [4.78, 5) is 26.6. The van der Waals surface area contributed by atoms with Gasteiger partial charge in [0.25, 0.3) is 15.7 Å². The lowest BCUT2D eigenvalue weighted by Crippen LogP contribution is -2.37. The standard InChI is InChI=1S/C25H27N3O6S/c1-15-10-13-19(34-15)18-12-11-17(14-33-35(4,31)32)28-21(16-8-6-5-7-9-16)20-23(22(18)28)26(2)25(30)27(3)24(20)29/h5-10,13,17-18H,11-12,14H2,1-4H3/t17-,18?/m0/s1. The van der Waals surface area contributed by atoms with Gasteiger partial charge >= 0.3 is 5.69 Å². The van der Waals surface area contributed by atoms with Gasteiger partial charge in [-0.3, -0.25) is 18.1 Å². The lowest BCUT2D eigenvalue weighted by Gasteiger charge is -2.32. The van der Waals surface area contributed by atoms with Gasteiger partial charge in [0.05, 0.1) is 47.1 Å². The topological polar surface area (TPSA) is 105 Å². The smallest absolute Gasteiger partial charge is 0.331 e. The van der Waals surface area contributed by atoms with Crippen LogP contribution < -0.4 is 11.2 Å². The Morgan fingerprint density at radius 1 is 1.03 bits per heavy atom. The van der Waals surface area contributed by atoms with E-state index in [0.29, 0.717) is 29.4 Å². The van der Waals surface area contributed by atoms with Crippen molar-refractivity contribution in [2.24, 2.45) is 14.1 Å². The first-order chi connectivity index (χ1) is 16.6. The fourth-order valence-electron chi connectivity index (χ4n) is 5.21. The van der Waals surface area contributed by atoms with Crippen molar-refractivity contribution < 1.29 is 17.0 Å². The van der Waals surface area contributed by atoms with Gasteiger partial charge in [-0.25, -0.2) is 4.79 Å². The predicted octanol–water partition coefficient (Wildman–Crippen LogP) is 3.05. The molecule has 2 atom stereocenters. The molecule has 4 aromatic rings. The lowest BCUT2D eigenvalue weighted by atomic mass is 9.89. The molecule has 184 valence electrons. The number of aromatic nitrogens is 3. The highest BCUT2D eigenvalue weighted by Crippen LogP contribution is 2.46. The van der Waals surface area contributed by atoms with E-state index in [1.54, 1.807) is 7.05 Å². The van der Waals surface area contributed by atoms with Crippen LogP contribution in [-0.2, 0) is 28.4 Å². The van der Waals surface area contributed by atoms with E-state index in [4.69, 9.17) is 8.60 Å². The Hall–Kier alpha value is -3.37. The molecule has 5 rings (SSSR count). The molecule has 1 aliphatic rings.